The Kier molecular flexibility index (Phi) is 6.92. The second-order valence-electron chi connectivity index (χ2n) is 3.16. The van der Waals surface area contributed by atoms with Crippen molar-refractivity contribution in [1.29, 1.82) is 0 Å². The van der Waals surface area contributed by atoms with Crippen LogP contribution in [-0.2, 0) is 4.79 Å². The van der Waals surface area contributed by atoms with E-state index in [1.807, 2.05) is 32.1 Å². The fourth-order valence-corrected chi connectivity index (χ4v) is 0.702. The van der Waals surface area contributed by atoms with E-state index in [1.165, 1.54) is 0 Å². The lowest BCUT2D eigenvalue weighted by Crippen LogP contribution is -2.13. The molecule has 0 saturated heterocycles. The van der Waals surface area contributed by atoms with Gasteiger partial charge in [0.15, 0.2) is 0 Å². The molecule has 0 aliphatic carbocycles. The third kappa shape index (κ3) is 7.45. The summed E-state index contributed by atoms with van der Waals surface area (Å²) in [6.45, 7) is 0.528. The number of aldehydes is 1. The number of likely N-dealkylation sites (N-methyl/N-ethyl adjacent to an activating group) is 1. The van der Waals surface area contributed by atoms with E-state index in [4.69, 9.17) is 5.73 Å². The first-order valence-electron chi connectivity index (χ1n) is 4.57. The highest BCUT2D eigenvalue weighted by atomic mass is 16.1. The fraction of sp³-hybridized carbons (Fsp3) is 0.400. The van der Waals surface area contributed by atoms with Crippen molar-refractivity contribution in [1.82, 2.24) is 9.88 Å². The monoisotopic (exact) mass is 210 g/mol. The van der Waals surface area contributed by atoms with Gasteiger partial charge >= 0.3 is 0 Å². The zero-order chi connectivity index (χ0) is 11.7. The first kappa shape index (κ1) is 13.4. The predicted octanol–water partition coefficient (Wildman–Crippen LogP) is 0.452. The van der Waals surface area contributed by atoms with Crippen LogP contribution < -0.4 is 11.1 Å². The molecule has 15 heavy (non-hydrogen) atoms. The molecule has 1 rings (SSSR count). The first-order valence-corrected chi connectivity index (χ1v) is 4.57. The number of carbonyl (C=O) groups is 1. The number of hydrogen-bond donors (Lipinski definition) is 2. The molecule has 84 valence electrons. The number of hydrogen-bond acceptors (Lipinski definition) is 5. The standard InChI is InChI=1S/C6H9N3.C4H9NO/c1-8-6-3-2-5(7)4-9-6;1-5(2)3-4-6/h2-4H,7H2,1H3,(H,8,9);4H,3H2,1-2H3. The van der Waals surface area contributed by atoms with Crippen molar-refractivity contribution >= 4 is 17.8 Å². The van der Waals surface area contributed by atoms with E-state index >= 15 is 0 Å². The highest BCUT2D eigenvalue weighted by Gasteiger charge is 1.85. The minimum atomic E-state index is 0.528. The minimum Gasteiger partial charge on any atom is -0.397 e. The maximum absolute atomic E-state index is 9.57. The second kappa shape index (κ2) is 7.75. The Hall–Kier alpha value is -1.62. The molecule has 0 unspecified atom stereocenters. The van der Waals surface area contributed by atoms with Crippen LogP contribution >= 0.6 is 0 Å². The molecule has 0 aliphatic rings. The third-order valence-corrected chi connectivity index (χ3v) is 1.48. The van der Waals surface area contributed by atoms with Gasteiger partial charge < -0.3 is 20.7 Å². The quantitative estimate of drug-likeness (QED) is 0.709. The minimum absolute atomic E-state index is 0.528. The number of aromatic nitrogens is 1. The van der Waals surface area contributed by atoms with Crippen LogP contribution in [0.1, 0.15) is 0 Å². The molecule has 1 aromatic rings. The number of rotatable bonds is 3. The van der Waals surface area contributed by atoms with Gasteiger partial charge in [-0.15, -0.1) is 0 Å². The van der Waals surface area contributed by atoms with Crippen molar-refractivity contribution < 1.29 is 4.79 Å². The molecule has 0 aromatic carbocycles. The molecule has 1 aromatic heterocycles. The van der Waals surface area contributed by atoms with E-state index in [-0.39, 0.29) is 0 Å². The van der Waals surface area contributed by atoms with E-state index in [2.05, 4.69) is 10.3 Å². The third-order valence-electron chi connectivity index (χ3n) is 1.48. The van der Waals surface area contributed by atoms with Crippen LogP contribution in [0, 0.1) is 0 Å². The summed E-state index contributed by atoms with van der Waals surface area (Å²) in [6, 6.07) is 3.63. The number of nitrogens with zero attached hydrogens (tertiary/aromatic N) is 2. The summed E-state index contributed by atoms with van der Waals surface area (Å²) in [5.74, 6) is 0.837. The smallest absolute Gasteiger partial charge is 0.133 e. The molecule has 3 N–H and O–H groups in total. The van der Waals surface area contributed by atoms with Gasteiger partial charge in [-0.05, 0) is 26.2 Å². The van der Waals surface area contributed by atoms with Gasteiger partial charge in [-0.3, -0.25) is 0 Å². The summed E-state index contributed by atoms with van der Waals surface area (Å²) in [5.41, 5.74) is 6.08. The summed E-state index contributed by atoms with van der Waals surface area (Å²) in [6.07, 6.45) is 2.49. The lowest BCUT2D eigenvalue weighted by molar-refractivity contribution is -0.108. The molecule has 0 amide bonds. The van der Waals surface area contributed by atoms with Crippen LogP contribution in [0.4, 0.5) is 11.5 Å². The molecular formula is C10H18N4O. The molecule has 5 nitrogen and oxygen atoms in total. The Morgan fingerprint density at radius 1 is 1.53 bits per heavy atom. The van der Waals surface area contributed by atoms with Crippen molar-refractivity contribution in [3.63, 3.8) is 0 Å². The van der Waals surface area contributed by atoms with E-state index in [0.29, 0.717) is 12.2 Å². The number of nitrogens with one attached hydrogen (secondary N) is 1. The summed E-state index contributed by atoms with van der Waals surface area (Å²) in [4.78, 5) is 15.3. The number of carbonyl (C=O) groups excluding carboxylic acids is 1. The summed E-state index contributed by atoms with van der Waals surface area (Å²) in [5, 5.41) is 2.89. The average molecular weight is 210 g/mol. The van der Waals surface area contributed by atoms with Crippen molar-refractivity contribution in [3.8, 4) is 0 Å². The fourth-order valence-electron chi connectivity index (χ4n) is 0.702. The lowest BCUT2D eigenvalue weighted by atomic mass is 10.4. The van der Waals surface area contributed by atoms with Crippen LogP contribution in [0.3, 0.4) is 0 Å². The topological polar surface area (TPSA) is 71.2 Å². The molecule has 1 heterocycles. The van der Waals surface area contributed by atoms with Crippen molar-refractivity contribution in [2.24, 2.45) is 0 Å². The molecule has 0 bridgehead atoms. The van der Waals surface area contributed by atoms with E-state index in [0.717, 1.165) is 12.1 Å². The van der Waals surface area contributed by atoms with E-state index in [1.54, 1.807) is 12.3 Å². The number of nitrogen functional groups attached to an aromatic ring is 1. The highest BCUT2D eigenvalue weighted by molar-refractivity contribution is 5.51. The van der Waals surface area contributed by atoms with Crippen LogP contribution in [-0.4, -0.2) is 43.9 Å². The van der Waals surface area contributed by atoms with Crippen molar-refractivity contribution in [2.75, 3.05) is 38.7 Å². The Morgan fingerprint density at radius 2 is 2.20 bits per heavy atom. The van der Waals surface area contributed by atoms with Gasteiger partial charge in [-0.25, -0.2) is 4.98 Å². The van der Waals surface area contributed by atoms with Crippen LogP contribution in [0.2, 0.25) is 0 Å². The van der Waals surface area contributed by atoms with Gasteiger partial charge in [0, 0.05) is 7.05 Å². The second-order valence-corrected chi connectivity index (χ2v) is 3.16. The summed E-state index contributed by atoms with van der Waals surface area (Å²) >= 11 is 0. The van der Waals surface area contributed by atoms with Crippen molar-refractivity contribution in [2.45, 2.75) is 0 Å². The normalized spacial score (nSPS) is 9.07. The summed E-state index contributed by atoms with van der Waals surface area (Å²) < 4.78 is 0. The van der Waals surface area contributed by atoms with Crippen molar-refractivity contribution in [3.05, 3.63) is 18.3 Å². The molecule has 0 fully saturated rings. The Bertz CT molecular complexity index is 271. The molecule has 0 atom stereocenters. The van der Waals surface area contributed by atoms with Gasteiger partial charge in [0.25, 0.3) is 0 Å². The number of nitrogens with two attached hydrogens (primary N) is 1. The largest absolute Gasteiger partial charge is 0.397 e. The summed E-state index contributed by atoms with van der Waals surface area (Å²) in [7, 11) is 5.53. The van der Waals surface area contributed by atoms with Gasteiger partial charge in [0.1, 0.15) is 12.1 Å². The SMILES string of the molecule is CN(C)CC=O.CNc1ccc(N)cn1. The Morgan fingerprint density at radius 3 is 2.47 bits per heavy atom. The van der Waals surface area contributed by atoms with Crippen LogP contribution in [0.15, 0.2) is 18.3 Å². The van der Waals surface area contributed by atoms with E-state index < -0.39 is 0 Å². The maximum Gasteiger partial charge on any atom is 0.133 e. The van der Waals surface area contributed by atoms with Gasteiger partial charge in [-0.1, -0.05) is 0 Å². The molecule has 5 heteroatoms. The highest BCUT2D eigenvalue weighted by Crippen LogP contribution is 2.03. The van der Waals surface area contributed by atoms with Gasteiger partial charge in [0.2, 0.25) is 0 Å². The molecule has 0 radical (unpaired) electrons. The van der Waals surface area contributed by atoms with Crippen LogP contribution in [0.25, 0.3) is 0 Å². The number of pyridine rings is 1. The average Bonchev–Trinajstić information content (AvgIpc) is 2.20. The maximum atomic E-state index is 9.57. The van der Waals surface area contributed by atoms with Crippen LogP contribution in [0.5, 0.6) is 0 Å². The zero-order valence-corrected chi connectivity index (χ0v) is 9.40. The Balaban J connectivity index is 0.000000288. The van der Waals surface area contributed by atoms with E-state index in [9.17, 15) is 4.79 Å². The predicted molar refractivity (Wildman–Crippen MR) is 62.8 cm³/mol. The molecular weight excluding hydrogens is 192 g/mol. The molecule has 0 aliphatic heterocycles. The lowest BCUT2D eigenvalue weighted by Gasteiger charge is -1.99. The number of anilines is 2. The molecule has 0 spiro atoms. The first-order chi connectivity index (χ1) is 7.10. The van der Waals surface area contributed by atoms with Gasteiger partial charge in [-0.2, -0.15) is 0 Å². The Labute approximate surface area is 90.3 Å². The van der Waals surface area contributed by atoms with Gasteiger partial charge in [0.05, 0.1) is 18.4 Å². The molecule has 0 saturated carbocycles. The zero-order valence-electron chi connectivity index (χ0n) is 9.40.